The van der Waals surface area contributed by atoms with Crippen LogP contribution in [0.5, 0.6) is 0 Å². The molecule has 2 N–H and O–H groups in total. The molecule has 2 aromatic carbocycles. The normalized spacial score (nSPS) is 20.0. The van der Waals surface area contributed by atoms with Crippen LogP contribution in [0.15, 0.2) is 53.0 Å². The summed E-state index contributed by atoms with van der Waals surface area (Å²) in [6, 6.07) is 15.9. The first-order valence-electron chi connectivity index (χ1n) is 7.22. The van der Waals surface area contributed by atoms with Crippen molar-refractivity contribution in [1.82, 2.24) is 9.97 Å². The summed E-state index contributed by atoms with van der Waals surface area (Å²) in [7, 11) is 0. The number of rotatable bonds is 3. The number of para-hydroxylation sites is 2. The van der Waals surface area contributed by atoms with E-state index in [2.05, 4.69) is 43.3 Å². The lowest BCUT2D eigenvalue weighted by atomic mass is 10.1. The Morgan fingerprint density at radius 3 is 2.91 bits per heavy atom. The summed E-state index contributed by atoms with van der Waals surface area (Å²) < 4.78 is 1.05. The molecule has 0 spiro atoms. The average molecular weight is 356 g/mol. The van der Waals surface area contributed by atoms with Crippen molar-refractivity contribution in [3.63, 3.8) is 0 Å². The number of fused-ring (bicyclic) bond motifs is 1. The van der Waals surface area contributed by atoms with Gasteiger partial charge in [0.15, 0.2) is 0 Å². The summed E-state index contributed by atoms with van der Waals surface area (Å²) in [5.74, 6) is 0.888. The van der Waals surface area contributed by atoms with Gasteiger partial charge in [0.2, 0.25) is 11.9 Å². The molecule has 0 radical (unpaired) electrons. The largest absolute Gasteiger partial charge is 0.324 e. The standard InChI is InChI=1S/C17H14BrN3O/c18-11-5-3-4-10(8-11)12-9-13(12)16(22)21-17-19-14-6-1-2-7-15(14)20-17/h1-8,12-13H,9H2,(H2,19,20,21,22). The van der Waals surface area contributed by atoms with E-state index in [1.54, 1.807) is 0 Å². The fourth-order valence-electron chi connectivity index (χ4n) is 2.81. The van der Waals surface area contributed by atoms with E-state index in [-0.39, 0.29) is 11.8 Å². The van der Waals surface area contributed by atoms with Gasteiger partial charge in [-0.25, -0.2) is 4.98 Å². The van der Waals surface area contributed by atoms with Crippen LogP contribution in [0.4, 0.5) is 5.95 Å². The molecule has 22 heavy (non-hydrogen) atoms. The number of halogens is 1. The number of anilines is 1. The highest BCUT2D eigenvalue weighted by molar-refractivity contribution is 9.10. The number of nitrogens with zero attached hydrogens (tertiary/aromatic N) is 1. The maximum Gasteiger partial charge on any atom is 0.230 e. The van der Waals surface area contributed by atoms with E-state index >= 15 is 0 Å². The minimum Gasteiger partial charge on any atom is -0.324 e. The van der Waals surface area contributed by atoms with Crippen LogP contribution in [-0.2, 0) is 4.79 Å². The Balaban J connectivity index is 1.47. The summed E-state index contributed by atoms with van der Waals surface area (Å²) in [6.45, 7) is 0. The van der Waals surface area contributed by atoms with Gasteiger partial charge < -0.3 is 4.98 Å². The highest BCUT2D eigenvalue weighted by Crippen LogP contribution is 2.48. The summed E-state index contributed by atoms with van der Waals surface area (Å²) in [5, 5.41) is 2.89. The van der Waals surface area contributed by atoms with Crippen molar-refractivity contribution in [3.05, 3.63) is 58.6 Å². The van der Waals surface area contributed by atoms with E-state index in [1.807, 2.05) is 36.4 Å². The molecule has 1 heterocycles. The van der Waals surface area contributed by atoms with Gasteiger partial charge in [0.25, 0.3) is 0 Å². The first-order chi connectivity index (χ1) is 10.7. The molecule has 3 aromatic rings. The zero-order valence-electron chi connectivity index (χ0n) is 11.7. The average Bonchev–Trinajstić information content (AvgIpc) is 3.21. The number of carbonyl (C=O) groups excluding carboxylic acids is 1. The Kier molecular flexibility index (Phi) is 3.22. The molecule has 4 nitrogen and oxygen atoms in total. The van der Waals surface area contributed by atoms with Crippen molar-refractivity contribution < 1.29 is 4.79 Å². The van der Waals surface area contributed by atoms with Gasteiger partial charge in [-0.05, 0) is 42.2 Å². The van der Waals surface area contributed by atoms with Crippen molar-refractivity contribution in [3.8, 4) is 0 Å². The van der Waals surface area contributed by atoms with E-state index < -0.39 is 0 Å². The molecule has 5 heteroatoms. The molecule has 0 saturated heterocycles. The molecule has 1 amide bonds. The molecule has 1 aliphatic rings. The second-order valence-corrected chi connectivity index (χ2v) is 6.51. The molecule has 110 valence electrons. The third-order valence-corrected chi connectivity index (χ3v) is 4.53. The van der Waals surface area contributed by atoms with Crippen LogP contribution in [-0.4, -0.2) is 15.9 Å². The van der Waals surface area contributed by atoms with Gasteiger partial charge in [-0.2, -0.15) is 0 Å². The molecule has 1 aliphatic carbocycles. The number of aromatic nitrogens is 2. The van der Waals surface area contributed by atoms with Crippen molar-refractivity contribution >= 4 is 38.8 Å². The maximum absolute atomic E-state index is 12.3. The van der Waals surface area contributed by atoms with E-state index in [1.165, 1.54) is 5.56 Å². The molecule has 1 aromatic heterocycles. The van der Waals surface area contributed by atoms with E-state index in [9.17, 15) is 4.79 Å². The number of benzene rings is 2. The van der Waals surface area contributed by atoms with E-state index in [4.69, 9.17) is 0 Å². The third-order valence-electron chi connectivity index (χ3n) is 4.04. The van der Waals surface area contributed by atoms with Crippen molar-refractivity contribution in [2.24, 2.45) is 5.92 Å². The van der Waals surface area contributed by atoms with Gasteiger partial charge >= 0.3 is 0 Å². The molecule has 4 rings (SSSR count). The molecule has 2 unspecified atom stereocenters. The summed E-state index contributed by atoms with van der Waals surface area (Å²) in [6.07, 6.45) is 0.891. The van der Waals surface area contributed by atoms with Crippen molar-refractivity contribution in [2.45, 2.75) is 12.3 Å². The number of nitrogens with one attached hydrogen (secondary N) is 2. The van der Waals surface area contributed by atoms with Gasteiger partial charge in [-0.1, -0.05) is 40.2 Å². The zero-order valence-corrected chi connectivity index (χ0v) is 13.3. The summed E-state index contributed by atoms with van der Waals surface area (Å²) >= 11 is 3.47. The molecule has 1 fully saturated rings. The highest BCUT2D eigenvalue weighted by atomic mass is 79.9. The summed E-state index contributed by atoms with van der Waals surface area (Å²) in [5.41, 5.74) is 2.99. The van der Waals surface area contributed by atoms with Crippen molar-refractivity contribution in [1.29, 1.82) is 0 Å². The first kappa shape index (κ1) is 13.5. The quantitative estimate of drug-likeness (QED) is 0.743. The predicted molar refractivity (Wildman–Crippen MR) is 89.7 cm³/mol. The molecule has 1 saturated carbocycles. The Hall–Kier alpha value is -2.14. The minimum atomic E-state index is 0.0301. The SMILES string of the molecule is O=C(Nc1nc2ccccc2[nH]1)C1CC1c1cccc(Br)c1. The number of H-pyrrole nitrogens is 1. The van der Waals surface area contributed by atoms with Crippen LogP contribution in [0.2, 0.25) is 0 Å². The number of amides is 1. The van der Waals surface area contributed by atoms with Crippen LogP contribution in [0.1, 0.15) is 17.9 Å². The smallest absolute Gasteiger partial charge is 0.230 e. The minimum absolute atomic E-state index is 0.0301. The fourth-order valence-corrected chi connectivity index (χ4v) is 3.23. The second-order valence-electron chi connectivity index (χ2n) is 5.60. The predicted octanol–water partition coefficient (Wildman–Crippen LogP) is 4.07. The van der Waals surface area contributed by atoms with Gasteiger partial charge in [0.1, 0.15) is 0 Å². The van der Waals surface area contributed by atoms with Gasteiger partial charge in [-0.15, -0.1) is 0 Å². The maximum atomic E-state index is 12.3. The number of hydrogen-bond acceptors (Lipinski definition) is 2. The Bertz CT molecular complexity index is 825. The number of aromatic amines is 1. The first-order valence-corrected chi connectivity index (χ1v) is 8.01. The lowest BCUT2D eigenvalue weighted by Gasteiger charge is -2.02. The van der Waals surface area contributed by atoms with Gasteiger partial charge in [0, 0.05) is 10.4 Å². The van der Waals surface area contributed by atoms with Gasteiger partial charge in [-0.3, -0.25) is 10.1 Å². The molecular weight excluding hydrogens is 342 g/mol. The van der Waals surface area contributed by atoms with Crippen LogP contribution >= 0.6 is 15.9 Å². The van der Waals surface area contributed by atoms with E-state index in [0.29, 0.717) is 11.9 Å². The molecule has 2 atom stereocenters. The molecular formula is C17H14BrN3O. The highest BCUT2D eigenvalue weighted by Gasteiger charge is 2.44. The fraction of sp³-hybridized carbons (Fsp3) is 0.176. The van der Waals surface area contributed by atoms with Gasteiger partial charge in [0.05, 0.1) is 11.0 Å². The van der Waals surface area contributed by atoms with Crippen LogP contribution < -0.4 is 5.32 Å². The lowest BCUT2D eigenvalue weighted by Crippen LogP contribution is -2.15. The summed E-state index contributed by atoms with van der Waals surface area (Å²) in [4.78, 5) is 19.8. The third kappa shape index (κ3) is 2.52. The van der Waals surface area contributed by atoms with Crippen LogP contribution in [0.3, 0.4) is 0 Å². The van der Waals surface area contributed by atoms with Crippen molar-refractivity contribution in [2.75, 3.05) is 5.32 Å². The van der Waals surface area contributed by atoms with Crippen LogP contribution in [0.25, 0.3) is 11.0 Å². The Morgan fingerprint density at radius 2 is 2.09 bits per heavy atom. The second kappa shape index (κ2) is 5.25. The zero-order chi connectivity index (χ0) is 15.1. The number of carbonyl (C=O) groups is 1. The lowest BCUT2D eigenvalue weighted by molar-refractivity contribution is -0.117. The Labute approximate surface area is 136 Å². The number of imidazole rings is 1. The topological polar surface area (TPSA) is 57.8 Å². The number of hydrogen-bond donors (Lipinski definition) is 2. The Morgan fingerprint density at radius 1 is 1.23 bits per heavy atom. The monoisotopic (exact) mass is 355 g/mol. The van der Waals surface area contributed by atoms with E-state index in [0.717, 1.165) is 21.9 Å². The molecule has 0 bridgehead atoms. The van der Waals surface area contributed by atoms with Crippen LogP contribution in [0, 0.1) is 5.92 Å². The molecule has 0 aliphatic heterocycles.